The fraction of sp³-hybridized carbons (Fsp3) is 0.125. The maximum absolute atomic E-state index is 13.3. The minimum atomic E-state index is -1.25. The highest BCUT2D eigenvalue weighted by atomic mass is 35.5. The van der Waals surface area contributed by atoms with Gasteiger partial charge in [-0.25, -0.2) is 4.79 Å². The molecule has 0 saturated carbocycles. The molecule has 1 N–H and O–H groups in total. The van der Waals surface area contributed by atoms with E-state index in [2.05, 4.69) is 5.32 Å². The number of carbonyl (C=O) groups is 2. The Morgan fingerprint density at radius 1 is 1.23 bits per heavy atom. The van der Waals surface area contributed by atoms with Crippen LogP contribution in [-0.2, 0) is 9.53 Å². The quantitative estimate of drug-likeness (QED) is 0.460. The van der Waals surface area contributed by atoms with Crippen LogP contribution in [0, 0.1) is 15.9 Å². The number of esters is 1. The van der Waals surface area contributed by atoms with Gasteiger partial charge in [0.2, 0.25) is 5.82 Å². The third-order valence-electron chi connectivity index (χ3n) is 3.21. The predicted octanol–water partition coefficient (Wildman–Crippen LogP) is 4.22. The summed E-state index contributed by atoms with van der Waals surface area (Å²) >= 11 is 11.7. The van der Waals surface area contributed by atoms with Crippen molar-refractivity contribution in [3.63, 3.8) is 0 Å². The maximum atomic E-state index is 13.3. The summed E-state index contributed by atoms with van der Waals surface area (Å²) in [5.41, 5.74) is -0.832. The highest BCUT2D eigenvalue weighted by molar-refractivity contribution is 6.35. The molecule has 0 aliphatic heterocycles. The Hall–Kier alpha value is -2.71. The summed E-state index contributed by atoms with van der Waals surface area (Å²) in [6.07, 6.45) is -1.25. The van der Waals surface area contributed by atoms with E-state index in [0.717, 1.165) is 18.2 Å². The van der Waals surface area contributed by atoms with E-state index in [-0.39, 0.29) is 21.3 Å². The SMILES string of the molecule is C[C@H](OC(=O)c1cc(Cl)ccc1Cl)C(=O)Nc1ccc(F)c([N+](=O)[O-])c1. The lowest BCUT2D eigenvalue weighted by Gasteiger charge is -2.14. The third-order valence-corrected chi connectivity index (χ3v) is 3.78. The molecule has 0 saturated heterocycles. The number of hydrogen-bond donors (Lipinski definition) is 1. The highest BCUT2D eigenvalue weighted by Crippen LogP contribution is 2.23. The van der Waals surface area contributed by atoms with Crippen LogP contribution in [0.25, 0.3) is 0 Å². The molecule has 136 valence electrons. The van der Waals surface area contributed by atoms with E-state index < -0.39 is 34.4 Å². The monoisotopic (exact) mass is 400 g/mol. The minimum Gasteiger partial charge on any atom is -0.449 e. The summed E-state index contributed by atoms with van der Waals surface area (Å²) in [6, 6.07) is 7.02. The van der Waals surface area contributed by atoms with Crippen LogP contribution >= 0.6 is 23.2 Å². The van der Waals surface area contributed by atoms with Gasteiger partial charge in [-0.05, 0) is 37.3 Å². The molecular formula is C16H11Cl2FN2O5. The van der Waals surface area contributed by atoms with Crippen LogP contribution in [0.3, 0.4) is 0 Å². The molecule has 0 radical (unpaired) electrons. The molecule has 0 heterocycles. The molecular weight excluding hydrogens is 390 g/mol. The predicted molar refractivity (Wildman–Crippen MR) is 93.0 cm³/mol. The van der Waals surface area contributed by atoms with Crippen molar-refractivity contribution in [2.75, 3.05) is 5.32 Å². The van der Waals surface area contributed by atoms with Crippen molar-refractivity contribution < 1.29 is 23.6 Å². The number of benzene rings is 2. The topological polar surface area (TPSA) is 98.5 Å². The van der Waals surface area contributed by atoms with E-state index in [4.69, 9.17) is 27.9 Å². The lowest BCUT2D eigenvalue weighted by atomic mass is 10.2. The first-order valence-electron chi connectivity index (χ1n) is 7.10. The number of nitrogens with one attached hydrogen (secondary N) is 1. The van der Waals surface area contributed by atoms with Gasteiger partial charge in [-0.1, -0.05) is 23.2 Å². The summed E-state index contributed by atoms with van der Waals surface area (Å²) in [5.74, 6) is -2.68. The molecule has 2 aromatic rings. The Labute approximate surface area is 156 Å². The first-order valence-corrected chi connectivity index (χ1v) is 7.85. The molecule has 0 unspecified atom stereocenters. The van der Waals surface area contributed by atoms with E-state index >= 15 is 0 Å². The highest BCUT2D eigenvalue weighted by Gasteiger charge is 2.22. The number of anilines is 1. The van der Waals surface area contributed by atoms with Gasteiger partial charge in [-0.2, -0.15) is 4.39 Å². The number of halogens is 3. The van der Waals surface area contributed by atoms with Gasteiger partial charge in [0.05, 0.1) is 15.5 Å². The maximum Gasteiger partial charge on any atom is 0.340 e. The van der Waals surface area contributed by atoms with Crippen molar-refractivity contribution >= 4 is 46.5 Å². The van der Waals surface area contributed by atoms with Crippen LogP contribution in [0.15, 0.2) is 36.4 Å². The first-order chi connectivity index (χ1) is 12.2. The van der Waals surface area contributed by atoms with E-state index in [0.29, 0.717) is 0 Å². The summed E-state index contributed by atoms with van der Waals surface area (Å²) in [6.45, 7) is 1.30. The molecule has 1 amide bonds. The summed E-state index contributed by atoms with van der Waals surface area (Å²) < 4.78 is 18.3. The Bertz CT molecular complexity index is 891. The molecule has 0 fully saturated rings. The van der Waals surface area contributed by atoms with Crippen molar-refractivity contribution in [1.29, 1.82) is 0 Å². The van der Waals surface area contributed by atoms with Gasteiger partial charge in [0.25, 0.3) is 5.91 Å². The van der Waals surface area contributed by atoms with Crippen LogP contribution in [0.2, 0.25) is 10.0 Å². The Morgan fingerprint density at radius 3 is 2.58 bits per heavy atom. The van der Waals surface area contributed by atoms with Gasteiger partial charge in [-0.3, -0.25) is 14.9 Å². The third kappa shape index (κ3) is 4.68. The Kier molecular flexibility index (Phi) is 6.12. The average Bonchev–Trinajstić information content (AvgIpc) is 2.58. The van der Waals surface area contributed by atoms with Crippen LogP contribution in [-0.4, -0.2) is 22.9 Å². The summed E-state index contributed by atoms with van der Waals surface area (Å²) in [5, 5.41) is 13.4. The van der Waals surface area contributed by atoms with Gasteiger partial charge >= 0.3 is 11.7 Å². The second-order valence-corrected chi connectivity index (χ2v) is 5.93. The number of nitro benzene ring substituents is 1. The number of hydrogen-bond acceptors (Lipinski definition) is 5. The summed E-state index contributed by atoms with van der Waals surface area (Å²) in [4.78, 5) is 34.0. The van der Waals surface area contributed by atoms with Crippen LogP contribution in [0.4, 0.5) is 15.8 Å². The van der Waals surface area contributed by atoms with Gasteiger partial charge in [0.15, 0.2) is 6.10 Å². The van der Waals surface area contributed by atoms with Gasteiger partial charge in [0.1, 0.15) is 0 Å². The number of amides is 1. The minimum absolute atomic E-state index is 0.0174. The largest absolute Gasteiger partial charge is 0.449 e. The second-order valence-electron chi connectivity index (χ2n) is 5.08. The van der Waals surface area contributed by atoms with Crippen molar-refractivity contribution in [2.24, 2.45) is 0 Å². The van der Waals surface area contributed by atoms with Gasteiger partial charge in [0, 0.05) is 16.8 Å². The number of ether oxygens (including phenoxy) is 1. The number of rotatable bonds is 5. The molecule has 10 heteroatoms. The van der Waals surface area contributed by atoms with Gasteiger partial charge < -0.3 is 10.1 Å². The van der Waals surface area contributed by atoms with Gasteiger partial charge in [-0.15, -0.1) is 0 Å². The Morgan fingerprint density at radius 2 is 1.92 bits per heavy atom. The van der Waals surface area contributed by atoms with Crippen LogP contribution in [0.5, 0.6) is 0 Å². The average molecular weight is 401 g/mol. The van der Waals surface area contributed by atoms with E-state index in [9.17, 15) is 24.1 Å². The van der Waals surface area contributed by atoms with Crippen LogP contribution < -0.4 is 5.32 Å². The number of nitrogens with zero attached hydrogens (tertiary/aromatic N) is 1. The molecule has 0 bridgehead atoms. The zero-order chi connectivity index (χ0) is 19.4. The van der Waals surface area contributed by atoms with E-state index in [1.165, 1.54) is 25.1 Å². The molecule has 2 rings (SSSR count). The second kappa shape index (κ2) is 8.11. The lowest BCUT2D eigenvalue weighted by molar-refractivity contribution is -0.387. The molecule has 0 spiro atoms. The molecule has 0 aliphatic carbocycles. The fourth-order valence-electron chi connectivity index (χ4n) is 1.91. The fourth-order valence-corrected chi connectivity index (χ4v) is 2.27. The normalized spacial score (nSPS) is 11.5. The molecule has 1 atom stereocenters. The van der Waals surface area contributed by atoms with Crippen molar-refractivity contribution in [3.8, 4) is 0 Å². The molecule has 0 aromatic heterocycles. The number of carbonyl (C=O) groups excluding carboxylic acids is 2. The lowest BCUT2D eigenvalue weighted by Crippen LogP contribution is -2.30. The molecule has 2 aromatic carbocycles. The zero-order valence-electron chi connectivity index (χ0n) is 13.2. The van der Waals surface area contributed by atoms with Crippen molar-refractivity contribution in [1.82, 2.24) is 0 Å². The van der Waals surface area contributed by atoms with Crippen molar-refractivity contribution in [2.45, 2.75) is 13.0 Å². The standard InChI is InChI=1S/C16H11Cl2FN2O5/c1-8(26-16(23)11-6-9(17)2-4-12(11)18)15(22)20-10-3-5-13(19)14(7-10)21(24)25/h2-8H,1H3,(H,20,22)/t8-/m0/s1. The zero-order valence-corrected chi connectivity index (χ0v) is 14.7. The Balaban J connectivity index is 2.08. The summed E-state index contributed by atoms with van der Waals surface area (Å²) in [7, 11) is 0. The smallest absolute Gasteiger partial charge is 0.340 e. The molecule has 0 aliphatic rings. The van der Waals surface area contributed by atoms with E-state index in [1.54, 1.807) is 0 Å². The number of nitro groups is 1. The van der Waals surface area contributed by atoms with E-state index in [1.807, 2.05) is 0 Å². The first kappa shape index (κ1) is 19.6. The van der Waals surface area contributed by atoms with Crippen LogP contribution in [0.1, 0.15) is 17.3 Å². The molecule has 26 heavy (non-hydrogen) atoms. The van der Waals surface area contributed by atoms with Crippen molar-refractivity contribution in [3.05, 3.63) is 67.9 Å². The molecule has 7 nitrogen and oxygen atoms in total.